The molecule has 0 amide bonds. The Morgan fingerprint density at radius 1 is 1.10 bits per heavy atom. The molecule has 0 radical (unpaired) electrons. The van der Waals surface area contributed by atoms with Gasteiger partial charge in [0.25, 0.3) is 0 Å². The van der Waals surface area contributed by atoms with Crippen molar-refractivity contribution in [1.29, 1.82) is 0 Å². The third-order valence-electron chi connectivity index (χ3n) is 4.51. The van der Waals surface area contributed by atoms with Gasteiger partial charge in [0.2, 0.25) is 10.0 Å². The zero-order valence-corrected chi connectivity index (χ0v) is 13.6. The first-order valence-electron chi connectivity index (χ1n) is 7.58. The molecule has 2 rings (SSSR count). The van der Waals surface area contributed by atoms with Gasteiger partial charge in [0.1, 0.15) is 0 Å². The zero-order valence-electron chi connectivity index (χ0n) is 12.7. The van der Waals surface area contributed by atoms with Gasteiger partial charge < -0.3 is 5.11 Å². The van der Waals surface area contributed by atoms with Crippen molar-refractivity contribution in [3.8, 4) is 0 Å². The van der Waals surface area contributed by atoms with E-state index < -0.39 is 10.0 Å². The van der Waals surface area contributed by atoms with E-state index >= 15 is 0 Å². The van der Waals surface area contributed by atoms with E-state index in [-0.39, 0.29) is 18.4 Å². The van der Waals surface area contributed by atoms with Gasteiger partial charge in [-0.3, -0.25) is 0 Å². The Hall–Kier alpha value is -0.910. The molecule has 1 aliphatic rings. The summed E-state index contributed by atoms with van der Waals surface area (Å²) in [5, 5.41) is 8.99. The summed E-state index contributed by atoms with van der Waals surface area (Å²) in [5.74, 6) is 1.24. The molecular weight excluding hydrogens is 286 g/mol. The van der Waals surface area contributed by atoms with Crippen LogP contribution >= 0.6 is 0 Å². The lowest BCUT2D eigenvalue weighted by atomic mass is 9.79. The third kappa shape index (κ3) is 4.80. The van der Waals surface area contributed by atoms with Gasteiger partial charge in [0.05, 0.1) is 12.4 Å². The summed E-state index contributed by atoms with van der Waals surface area (Å²) >= 11 is 0. The van der Waals surface area contributed by atoms with Crippen LogP contribution in [0.1, 0.15) is 44.2 Å². The SMILES string of the molecule is CC1CCC(NS(=O)(=O)Cc2ccc(CO)cc2)CC1C. The first kappa shape index (κ1) is 16.5. The van der Waals surface area contributed by atoms with Crippen molar-refractivity contribution in [2.75, 3.05) is 0 Å². The molecule has 1 saturated carbocycles. The quantitative estimate of drug-likeness (QED) is 0.877. The fraction of sp³-hybridized carbons (Fsp3) is 0.625. The molecule has 0 aromatic heterocycles. The lowest BCUT2D eigenvalue weighted by Gasteiger charge is -2.32. The van der Waals surface area contributed by atoms with Crippen LogP contribution in [-0.2, 0) is 22.4 Å². The highest BCUT2D eigenvalue weighted by Crippen LogP contribution is 2.29. The monoisotopic (exact) mass is 311 g/mol. The Bertz CT molecular complexity index is 553. The molecule has 3 unspecified atom stereocenters. The summed E-state index contributed by atoms with van der Waals surface area (Å²) in [6.45, 7) is 4.40. The van der Waals surface area contributed by atoms with Crippen LogP contribution in [-0.4, -0.2) is 19.6 Å². The maximum atomic E-state index is 12.3. The zero-order chi connectivity index (χ0) is 15.5. The van der Waals surface area contributed by atoms with Gasteiger partial charge in [-0.15, -0.1) is 0 Å². The van der Waals surface area contributed by atoms with Gasteiger partial charge >= 0.3 is 0 Å². The molecule has 0 bridgehead atoms. The van der Waals surface area contributed by atoms with Gasteiger partial charge in [-0.05, 0) is 42.2 Å². The van der Waals surface area contributed by atoms with Gasteiger partial charge in [-0.1, -0.05) is 38.1 Å². The van der Waals surface area contributed by atoms with Crippen LogP contribution in [0.2, 0.25) is 0 Å². The van der Waals surface area contributed by atoms with E-state index in [4.69, 9.17) is 5.11 Å². The van der Waals surface area contributed by atoms with Crippen LogP contribution in [0, 0.1) is 11.8 Å². The average Bonchev–Trinajstić information content (AvgIpc) is 2.43. The Balaban J connectivity index is 1.95. The Labute approximate surface area is 127 Å². The topological polar surface area (TPSA) is 66.4 Å². The second-order valence-electron chi connectivity index (χ2n) is 6.32. The van der Waals surface area contributed by atoms with Crippen molar-refractivity contribution in [3.05, 3.63) is 35.4 Å². The van der Waals surface area contributed by atoms with Crippen molar-refractivity contribution in [1.82, 2.24) is 4.72 Å². The Morgan fingerprint density at radius 3 is 2.29 bits per heavy atom. The van der Waals surface area contributed by atoms with Crippen LogP contribution in [0.3, 0.4) is 0 Å². The van der Waals surface area contributed by atoms with Crippen molar-refractivity contribution in [2.24, 2.45) is 11.8 Å². The van der Waals surface area contributed by atoms with Crippen molar-refractivity contribution >= 4 is 10.0 Å². The van der Waals surface area contributed by atoms with Gasteiger partial charge in [-0.2, -0.15) is 0 Å². The van der Waals surface area contributed by atoms with E-state index in [0.717, 1.165) is 30.4 Å². The Kier molecular flexibility index (Phi) is 5.41. The minimum absolute atomic E-state index is 0.000850. The molecule has 0 spiro atoms. The highest BCUT2D eigenvalue weighted by Gasteiger charge is 2.27. The summed E-state index contributed by atoms with van der Waals surface area (Å²) in [6, 6.07) is 7.11. The van der Waals surface area contributed by atoms with E-state index in [1.54, 1.807) is 24.3 Å². The molecule has 3 atom stereocenters. The van der Waals surface area contributed by atoms with Crippen molar-refractivity contribution in [3.63, 3.8) is 0 Å². The smallest absolute Gasteiger partial charge is 0.216 e. The average molecular weight is 311 g/mol. The number of hydrogen-bond acceptors (Lipinski definition) is 3. The van der Waals surface area contributed by atoms with Crippen molar-refractivity contribution in [2.45, 2.75) is 51.5 Å². The molecule has 21 heavy (non-hydrogen) atoms. The van der Waals surface area contributed by atoms with Gasteiger partial charge in [-0.25, -0.2) is 13.1 Å². The number of rotatable bonds is 5. The normalized spacial score (nSPS) is 26.7. The Morgan fingerprint density at radius 2 is 1.71 bits per heavy atom. The maximum Gasteiger partial charge on any atom is 0.216 e. The summed E-state index contributed by atoms with van der Waals surface area (Å²) < 4.78 is 27.3. The molecule has 0 heterocycles. The number of aliphatic hydroxyl groups is 1. The highest BCUT2D eigenvalue weighted by molar-refractivity contribution is 7.88. The minimum Gasteiger partial charge on any atom is -0.392 e. The molecule has 1 aliphatic carbocycles. The number of benzene rings is 1. The van der Waals surface area contributed by atoms with Gasteiger partial charge in [0.15, 0.2) is 0 Å². The van der Waals surface area contributed by atoms with E-state index in [2.05, 4.69) is 18.6 Å². The second kappa shape index (κ2) is 6.90. The van der Waals surface area contributed by atoms with Crippen LogP contribution in [0.4, 0.5) is 0 Å². The highest BCUT2D eigenvalue weighted by atomic mass is 32.2. The molecule has 1 fully saturated rings. The summed E-state index contributed by atoms with van der Waals surface area (Å²) in [4.78, 5) is 0. The molecule has 2 N–H and O–H groups in total. The molecule has 118 valence electrons. The summed E-state index contributed by atoms with van der Waals surface area (Å²) in [5.41, 5.74) is 1.54. The lowest BCUT2D eigenvalue weighted by molar-refractivity contribution is 0.242. The second-order valence-corrected chi connectivity index (χ2v) is 8.07. The third-order valence-corrected chi connectivity index (χ3v) is 5.91. The largest absolute Gasteiger partial charge is 0.392 e. The van der Waals surface area contributed by atoms with Crippen LogP contribution in [0.5, 0.6) is 0 Å². The minimum atomic E-state index is -3.31. The van der Waals surface area contributed by atoms with Crippen LogP contribution in [0.15, 0.2) is 24.3 Å². The summed E-state index contributed by atoms with van der Waals surface area (Å²) in [7, 11) is -3.31. The van der Waals surface area contributed by atoms with Crippen LogP contribution < -0.4 is 4.72 Å². The first-order chi connectivity index (χ1) is 9.89. The van der Waals surface area contributed by atoms with Crippen molar-refractivity contribution < 1.29 is 13.5 Å². The lowest BCUT2D eigenvalue weighted by Crippen LogP contribution is -2.40. The number of sulfonamides is 1. The van der Waals surface area contributed by atoms with E-state index in [9.17, 15) is 8.42 Å². The predicted molar refractivity (Wildman–Crippen MR) is 84.1 cm³/mol. The molecule has 4 nitrogen and oxygen atoms in total. The number of aliphatic hydroxyl groups excluding tert-OH is 1. The number of hydrogen-bond donors (Lipinski definition) is 2. The van der Waals surface area contributed by atoms with E-state index in [1.807, 2.05) is 0 Å². The molecule has 0 saturated heterocycles. The first-order valence-corrected chi connectivity index (χ1v) is 9.23. The molecule has 0 aliphatic heterocycles. The standard InChI is InChI=1S/C16H25NO3S/c1-12-3-8-16(9-13(12)2)17-21(19,20)11-15-6-4-14(10-18)5-7-15/h4-7,12-13,16-18H,3,8-11H2,1-2H3. The summed E-state index contributed by atoms with van der Waals surface area (Å²) in [6.07, 6.45) is 2.93. The molecule has 1 aromatic carbocycles. The molecule has 5 heteroatoms. The van der Waals surface area contributed by atoms with Crippen LogP contribution in [0.25, 0.3) is 0 Å². The van der Waals surface area contributed by atoms with Gasteiger partial charge in [0, 0.05) is 6.04 Å². The molecular formula is C16H25NO3S. The number of nitrogens with one attached hydrogen (secondary N) is 1. The molecule has 1 aromatic rings. The maximum absolute atomic E-state index is 12.3. The fourth-order valence-corrected chi connectivity index (χ4v) is 4.35. The van der Waals surface area contributed by atoms with E-state index in [0.29, 0.717) is 11.8 Å². The fourth-order valence-electron chi connectivity index (χ4n) is 2.91. The van der Waals surface area contributed by atoms with E-state index in [1.165, 1.54) is 0 Å². The predicted octanol–water partition coefficient (Wildman–Crippen LogP) is 2.42.